The summed E-state index contributed by atoms with van der Waals surface area (Å²) in [6.45, 7) is 3.79. The Balaban J connectivity index is 1.33. The van der Waals surface area contributed by atoms with Gasteiger partial charge in [0.15, 0.2) is 5.78 Å². The van der Waals surface area contributed by atoms with Crippen LogP contribution in [0, 0.1) is 19.7 Å². The Morgan fingerprint density at radius 3 is 2.67 bits per heavy atom. The minimum atomic E-state index is -0.301. The molecule has 3 heterocycles. The summed E-state index contributed by atoms with van der Waals surface area (Å²) in [5.74, 6) is 0.131. The van der Waals surface area contributed by atoms with Crippen molar-refractivity contribution in [2.24, 2.45) is 0 Å². The Bertz CT molecular complexity index is 1490. The van der Waals surface area contributed by atoms with Crippen LogP contribution in [0.25, 0.3) is 26.5 Å². The third-order valence-electron chi connectivity index (χ3n) is 5.28. The molecule has 2 aromatic carbocycles. The van der Waals surface area contributed by atoms with Crippen molar-refractivity contribution in [3.63, 3.8) is 0 Å². The van der Waals surface area contributed by atoms with Gasteiger partial charge in [0.25, 0.3) is 11.1 Å². The SMILES string of the molecule is Cc1cc(C(=O)CSc2nnc(-c3sc4ccccc4c3Cl)o2)c(C)n1-c1ccc(F)cc1. The summed E-state index contributed by atoms with van der Waals surface area (Å²) in [6.07, 6.45) is 0. The third-order valence-corrected chi connectivity index (χ3v) is 7.76. The molecule has 0 fully saturated rings. The molecule has 0 atom stereocenters. The van der Waals surface area contributed by atoms with Crippen LogP contribution in [0.3, 0.4) is 0 Å². The van der Waals surface area contributed by atoms with Gasteiger partial charge in [0.05, 0.1) is 10.8 Å². The zero-order valence-electron chi connectivity index (χ0n) is 17.6. The van der Waals surface area contributed by atoms with Crippen LogP contribution in [0.1, 0.15) is 21.7 Å². The number of Topliss-reactive ketones (excluding diaryl/α,β-unsaturated/α-hetero) is 1. The Hall–Kier alpha value is -2.94. The maximum Gasteiger partial charge on any atom is 0.277 e. The molecule has 0 amide bonds. The van der Waals surface area contributed by atoms with E-state index in [2.05, 4.69) is 10.2 Å². The Kier molecular flexibility index (Phi) is 5.82. The van der Waals surface area contributed by atoms with Crippen LogP contribution in [-0.2, 0) is 0 Å². The molecule has 3 aromatic heterocycles. The zero-order chi connectivity index (χ0) is 23.1. The highest BCUT2D eigenvalue weighted by atomic mass is 35.5. The first-order chi connectivity index (χ1) is 15.9. The molecule has 0 spiro atoms. The van der Waals surface area contributed by atoms with Crippen LogP contribution in [0.4, 0.5) is 4.39 Å². The maximum atomic E-state index is 13.3. The van der Waals surface area contributed by atoms with E-state index in [9.17, 15) is 9.18 Å². The van der Waals surface area contributed by atoms with E-state index in [1.165, 1.54) is 35.2 Å². The van der Waals surface area contributed by atoms with E-state index in [4.69, 9.17) is 16.0 Å². The molecule has 0 radical (unpaired) electrons. The number of aromatic nitrogens is 3. The molecule has 0 unspecified atom stereocenters. The summed E-state index contributed by atoms with van der Waals surface area (Å²) < 4.78 is 22.0. The van der Waals surface area contributed by atoms with Gasteiger partial charge in [-0.15, -0.1) is 21.5 Å². The lowest BCUT2D eigenvalue weighted by atomic mass is 10.2. The van der Waals surface area contributed by atoms with E-state index >= 15 is 0 Å². The molecule has 5 rings (SSSR count). The highest BCUT2D eigenvalue weighted by Crippen LogP contribution is 2.41. The Labute approximate surface area is 202 Å². The molecule has 0 bridgehead atoms. The van der Waals surface area contributed by atoms with Crippen molar-refractivity contribution in [3.05, 3.63) is 82.4 Å². The molecular weight excluding hydrogens is 481 g/mol. The smallest absolute Gasteiger partial charge is 0.277 e. The Morgan fingerprint density at radius 2 is 1.91 bits per heavy atom. The van der Waals surface area contributed by atoms with E-state index in [1.54, 1.807) is 12.1 Å². The fourth-order valence-electron chi connectivity index (χ4n) is 3.75. The van der Waals surface area contributed by atoms with Crippen molar-refractivity contribution in [2.75, 3.05) is 5.75 Å². The summed E-state index contributed by atoms with van der Waals surface area (Å²) in [5, 5.41) is 10.0. The average molecular weight is 498 g/mol. The summed E-state index contributed by atoms with van der Waals surface area (Å²) in [4.78, 5) is 13.6. The predicted molar refractivity (Wildman–Crippen MR) is 130 cm³/mol. The lowest BCUT2D eigenvalue weighted by Crippen LogP contribution is -2.05. The number of rotatable bonds is 6. The van der Waals surface area contributed by atoms with Gasteiger partial charge in [-0.3, -0.25) is 4.79 Å². The van der Waals surface area contributed by atoms with Crippen LogP contribution in [0.15, 0.2) is 64.2 Å². The molecule has 0 aliphatic heterocycles. The number of carbonyl (C=O) groups is 1. The first-order valence-electron chi connectivity index (χ1n) is 10.0. The molecule has 33 heavy (non-hydrogen) atoms. The number of fused-ring (bicyclic) bond motifs is 1. The molecule has 0 aliphatic carbocycles. The van der Waals surface area contributed by atoms with Crippen molar-refractivity contribution in [1.29, 1.82) is 0 Å². The number of ketones is 1. The number of carbonyl (C=O) groups excluding carboxylic acids is 1. The van der Waals surface area contributed by atoms with Gasteiger partial charge in [0.2, 0.25) is 0 Å². The van der Waals surface area contributed by atoms with Crippen molar-refractivity contribution in [2.45, 2.75) is 19.1 Å². The second kappa shape index (κ2) is 8.78. The van der Waals surface area contributed by atoms with Gasteiger partial charge in [-0.1, -0.05) is 41.6 Å². The molecule has 5 nitrogen and oxygen atoms in total. The summed E-state index contributed by atoms with van der Waals surface area (Å²) in [6, 6.07) is 15.9. The average Bonchev–Trinajstić information content (AvgIpc) is 3.49. The normalized spacial score (nSPS) is 11.4. The minimum absolute atomic E-state index is 0.0545. The number of nitrogens with zero attached hydrogens (tertiary/aromatic N) is 3. The third kappa shape index (κ3) is 4.10. The minimum Gasteiger partial charge on any atom is -0.410 e. The quantitative estimate of drug-likeness (QED) is 0.184. The second-order valence-electron chi connectivity index (χ2n) is 7.42. The molecule has 9 heteroatoms. The molecule has 0 N–H and O–H groups in total. The van der Waals surface area contributed by atoms with E-state index in [0.29, 0.717) is 26.6 Å². The first-order valence-corrected chi connectivity index (χ1v) is 12.2. The van der Waals surface area contributed by atoms with Crippen LogP contribution in [0.2, 0.25) is 5.02 Å². The highest BCUT2D eigenvalue weighted by molar-refractivity contribution is 7.99. The van der Waals surface area contributed by atoms with Crippen molar-refractivity contribution < 1.29 is 13.6 Å². The standard InChI is InChI=1S/C24H17ClFN3O2S2/c1-13-11-18(14(2)29(13)16-9-7-15(26)8-10-16)19(30)12-32-24-28-27-23(31-24)22-21(25)17-5-3-4-6-20(17)33-22/h3-11H,12H2,1-2H3. The number of hydrogen-bond donors (Lipinski definition) is 0. The first kappa shape index (κ1) is 21.9. The lowest BCUT2D eigenvalue weighted by Gasteiger charge is -2.09. The molecule has 0 aliphatic rings. The number of halogens is 2. The van der Waals surface area contributed by atoms with Crippen molar-refractivity contribution >= 4 is 50.6 Å². The van der Waals surface area contributed by atoms with Crippen LogP contribution in [-0.4, -0.2) is 26.3 Å². The number of thioether (sulfide) groups is 1. The molecular formula is C24H17ClFN3O2S2. The number of benzene rings is 2. The summed E-state index contributed by atoms with van der Waals surface area (Å²) in [7, 11) is 0. The van der Waals surface area contributed by atoms with Crippen molar-refractivity contribution in [1.82, 2.24) is 14.8 Å². The predicted octanol–water partition coefficient (Wildman–Crippen LogP) is 7.13. The van der Waals surface area contributed by atoms with E-state index in [0.717, 1.165) is 27.2 Å². The lowest BCUT2D eigenvalue weighted by molar-refractivity contribution is 0.102. The molecule has 0 saturated heterocycles. The van der Waals surface area contributed by atoms with E-state index in [1.807, 2.05) is 48.7 Å². The van der Waals surface area contributed by atoms with Crippen LogP contribution in [0.5, 0.6) is 0 Å². The maximum absolute atomic E-state index is 13.3. The summed E-state index contributed by atoms with van der Waals surface area (Å²) in [5.41, 5.74) is 3.11. The monoisotopic (exact) mass is 497 g/mol. The zero-order valence-corrected chi connectivity index (χ0v) is 20.0. The van der Waals surface area contributed by atoms with Crippen LogP contribution >= 0.6 is 34.7 Å². The highest BCUT2D eigenvalue weighted by Gasteiger charge is 2.20. The number of aryl methyl sites for hydroxylation is 1. The van der Waals surface area contributed by atoms with Gasteiger partial charge in [0, 0.05) is 32.7 Å². The van der Waals surface area contributed by atoms with Gasteiger partial charge in [0.1, 0.15) is 10.7 Å². The summed E-state index contributed by atoms with van der Waals surface area (Å²) >= 11 is 9.17. The number of hydrogen-bond acceptors (Lipinski definition) is 6. The topological polar surface area (TPSA) is 60.9 Å². The molecule has 5 aromatic rings. The second-order valence-corrected chi connectivity index (χ2v) is 9.78. The van der Waals surface area contributed by atoms with Gasteiger partial charge in [-0.2, -0.15) is 0 Å². The molecule has 0 saturated carbocycles. The number of thiophene rings is 1. The Morgan fingerprint density at radius 1 is 1.15 bits per heavy atom. The van der Waals surface area contributed by atoms with Gasteiger partial charge in [-0.25, -0.2) is 4.39 Å². The fraction of sp³-hybridized carbons (Fsp3) is 0.125. The molecule has 166 valence electrons. The van der Waals surface area contributed by atoms with Gasteiger partial charge < -0.3 is 8.98 Å². The van der Waals surface area contributed by atoms with E-state index in [-0.39, 0.29) is 17.4 Å². The van der Waals surface area contributed by atoms with Gasteiger partial charge in [-0.05, 0) is 50.2 Å². The fourth-order valence-corrected chi connectivity index (χ4v) is 5.83. The van der Waals surface area contributed by atoms with E-state index < -0.39 is 0 Å². The van der Waals surface area contributed by atoms with Crippen LogP contribution < -0.4 is 0 Å². The van der Waals surface area contributed by atoms with Crippen molar-refractivity contribution in [3.8, 4) is 16.5 Å². The van der Waals surface area contributed by atoms with Gasteiger partial charge >= 0.3 is 0 Å². The largest absolute Gasteiger partial charge is 0.410 e.